The average Bonchev–Trinajstić information content (AvgIpc) is 2.37. The molecule has 106 valence electrons. The summed E-state index contributed by atoms with van der Waals surface area (Å²) < 4.78 is 20.1. The van der Waals surface area contributed by atoms with Crippen LogP contribution < -0.4 is 10.1 Å². The van der Waals surface area contributed by atoms with E-state index >= 15 is 0 Å². The number of aryl methyl sites for hydroxylation is 1. The summed E-state index contributed by atoms with van der Waals surface area (Å²) in [6.45, 7) is 2.53. The van der Waals surface area contributed by atoms with Crippen molar-refractivity contribution in [2.45, 2.75) is 13.5 Å². The molecular formula is C15H14Br2FNO. The standard InChI is InChI=1S/C15H14Br2FNO/c1-9-5-11(18)3-4-14(9)19-8-10-6-12(16)15(20-2)13(17)7-10/h3-7,19H,8H2,1-2H3. The van der Waals surface area contributed by atoms with Crippen molar-refractivity contribution >= 4 is 37.5 Å². The summed E-state index contributed by atoms with van der Waals surface area (Å²) in [5.74, 6) is 0.551. The Kier molecular flexibility index (Phi) is 5.05. The van der Waals surface area contributed by atoms with Crippen molar-refractivity contribution in [3.8, 4) is 5.75 Å². The van der Waals surface area contributed by atoms with Crippen molar-refractivity contribution in [2.24, 2.45) is 0 Å². The highest BCUT2D eigenvalue weighted by molar-refractivity contribution is 9.11. The van der Waals surface area contributed by atoms with Gasteiger partial charge in [-0.3, -0.25) is 0 Å². The van der Waals surface area contributed by atoms with E-state index in [9.17, 15) is 4.39 Å². The zero-order valence-electron chi connectivity index (χ0n) is 11.1. The average molecular weight is 403 g/mol. The number of benzene rings is 2. The second-order valence-corrected chi connectivity index (χ2v) is 6.11. The molecule has 5 heteroatoms. The summed E-state index contributed by atoms with van der Waals surface area (Å²) in [5, 5.41) is 3.30. The first-order chi connectivity index (χ1) is 9.51. The van der Waals surface area contributed by atoms with Gasteiger partial charge in [-0.2, -0.15) is 0 Å². The molecule has 0 aromatic heterocycles. The molecule has 1 N–H and O–H groups in total. The molecule has 2 rings (SSSR count). The van der Waals surface area contributed by atoms with Crippen LogP contribution in [0, 0.1) is 12.7 Å². The van der Waals surface area contributed by atoms with Gasteiger partial charge >= 0.3 is 0 Å². The highest BCUT2D eigenvalue weighted by Crippen LogP contribution is 2.34. The van der Waals surface area contributed by atoms with Gasteiger partial charge in [0.15, 0.2) is 0 Å². The molecular weight excluding hydrogens is 389 g/mol. The number of nitrogens with one attached hydrogen (secondary N) is 1. The van der Waals surface area contributed by atoms with E-state index in [0.717, 1.165) is 31.5 Å². The largest absolute Gasteiger partial charge is 0.494 e. The Morgan fingerprint density at radius 2 is 1.80 bits per heavy atom. The van der Waals surface area contributed by atoms with Gasteiger partial charge in [0, 0.05) is 12.2 Å². The molecule has 0 radical (unpaired) electrons. The summed E-state index contributed by atoms with van der Waals surface area (Å²) in [7, 11) is 1.63. The summed E-state index contributed by atoms with van der Waals surface area (Å²) in [6, 6.07) is 8.71. The van der Waals surface area contributed by atoms with Gasteiger partial charge in [-0.05, 0) is 80.2 Å². The zero-order valence-corrected chi connectivity index (χ0v) is 14.3. The highest BCUT2D eigenvalue weighted by atomic mass is 79.9. The van der Waals surface area contributed by atoms with Crippen molar-refractivity contribution in [3.63, 3.8) is 0 Å². The fourth-order valence-corrected chi connectivity index (χ4v) is 3.54. The summed E-state index contributed by atoms with van der Waals surface area (Å²) in [4.78, 5) is 0. The van der Waals surface area contributed by atoms with Crippen LogP contribution in [0.1, 0.15) is 11.1 Å². The zero-order chi connectivity index (χ0) is 14.7. The monoisotopic (exact) mass is 401 g/mol. The minimum absolute atomic E-state index is 0.219. The SMILES string of the molecule is COc1c(Br)cc(CNc2ccc(F)cc2C)cc1Br. The van der Waals surface area contributed by atoms with Gasteiger partial charge in [-0.25, -0.2) is 4.39 Å². The Morgan fingerprint density at radius 1 is 1.15 bits per heavy atom. The van der Waals surface area contributed by atoms with Crippen LogP contribution in [0.15, 0.2) is 39.3 Å². The molecule has 0 aliphatic rings. The van der Waals surface area contributed by atoms with Crippen molar-refractivity contribution in [2.75, 3.05) is 12.4 Å². The lowest BCUT2D eigenvalue weighted by molar-refractivity contribution is 0.409. The number of rotatable bonds is 4. The third-order valence-electron chi connectivity index (χ3n) is 2.93. The maximum Gasteiger partial charge on any atom is 0.147 e. The Balaban J connectivity index is 2.15. The smallest absolute Gasteiger partial charge is 0.147 e. The lowest BCUT2D eigenvalue weighted by Gasteiger charge is -2.12. The quantitative estimate of drug-likeness (QED) is 0.751. The van der Waals surface area contributed by atoms with E-state index in [4.69, 9.17) is 4.74 Å². The number of anilines is 1. The van der Waals surface area contributed by atoms with E-state index < -0.39 is 0 Å². The Labute approximate surface area is 134 Å². The summed E-state index contributed by atoms with van der Waals surface area (Å²) in [6.07, 6.45) is 0. The second-order valence-electron chi connectivity index (χ2n) is 4.41. The van der Waals surface area contributed by atoms with Crippen LogP contribution in [0.2, 0.25) is 0 Å². The van der Waals surface area contributed by atoms with Crippen LogP contribution in [0.3, 0.4) is 0 Å². The molecule has 0 amide bonds. The van der Waals surface area contributed by atoms with Crippen LogP contribution in [-0.4, -0.2) is 7.11 Å². The highest BCUT2D eigenvalue weighted by Gasteiger charge is 2.08. The molecule has 0 saturated carbocycles. The van der Waals surface area contributed by atoms with E-state index in [1.54, 1.807) is 13.2 Å². The molecule has 2 nitrogen and oxygen atoms in total. The van der Waals surface area contributed by atoms with Crippen molar-refractivity contribution in [3.05, 3.63) is 56.2 Å². The molecule has 20 heavy (non-hydrogen) atoms. The molecule has 0 spiro atoms. The Hall–Kier alpha value is -1.07. The first kappa shape index (κ1) is 15.3. The molecule has 0 heterocycles. The molecule has 0 unspecified atom stereocenters. The van der Waals surface area contributed by atoms with Crippen LogP contribution >= 0.6 is 31.9 Å². The topological polar surface area (TPSA) is 21.3 Å². The Morgan fingerprint density at radius 3 is 2.35 bits per heavy atom. The van der Waals surface area contributed by atoms with E-state index in [1.165, 1.54) is 12.1 Å². The predicted molar refractivity (Wildman–Crippen MR) is 86.9 cm³/mol. The fraction of sp³-hybridized carbons (Fsp3) is 0.200. The summed E-state index contributed by atoms with van der Waals surface area (Å²) in [5.41, 5.74) is 2.90. The minimum atomic E-state index is -0.219. The number of ether oxygens (including phenoxy) is 1. The van der Waals surface area contributed by atoms with Gasteiger partial charge < -0.3 is 10.1 Å². The molecule has 2 aromatic carbocycles. The Bertz CT molecular complexity index is 608. The van der Waals surface area contributed by atoms with Gasteiger partial charge in [0.05, 0.1) is 16.1 Å². The third kappa shape index (κ3) is 3.52. The van der Waals surface area contributed by atoms with Gasteiger partial charge in [-0.1, -0.05) is 0 Å². The molecule has 0 atom stereocenters. The van der Waals surface area contributed by atoms with Crippen LogP contribution in [0.4, 0.5) is 10.1 Å². The lowest BCUT2D eigenvalue weighted by atomic mass is 10.1. The molecule has 0 fully saturated rings. The number of hydrogen-bond acceptors (Lipinski definition) is 2. The first-order valence-electron chi connectivity index (χ1n) is 6.03. The van der Waals surface area contributed by atoms with E-state index in [1.807, 2.05) is 19.1 Å². The normalized spacial score (nSPS) is 10.4. The number of halogens is 3. The van der Waals surface area contributed by atoms with E-state index in [0.29, 0.717) is 6.54 Å². The molecule has 0 aliphatic carbocycles. The second kappa shape index (κ2) is 6.59. The van der Waals surface area contributed by atoms with Crippen LogP contribution in [0.25, 0.3) is 0 Å². The van der Waals surface area contributed by atoms with Crippen molar-refractivity contribution in [1.29, 1.82) is 0 Å². The van der Waals surface area contributed by atoms with Gasteiger partial charge in [0.1, 0.15) is 11.6 Å². The van der Waals surface area contributed by atoms with Gasteiger partial charge in [-0.15, -0.1) is 0 Å². The molecule has 0 saturated heterocycles. The molecule has 2 aromatic rings. The van der Waals surface area contributed by atoms with Crippen molar-refractivity contribution < 1.29 is 9.13 Å². The maximum absolute atomic E-state index is 13.0. The van der Waals surface area contributed by atoms with Crippen molar-refractivity contribution in [1.82, 2.24) is 0 Å². The first-order valence-corrected chi connectivity index (χ1v) is 7.62. The summed E-state index contributed by atoms with van der Waals surface area (Å²) >= 11 is 6.95. The molecule has 0 aliphatic heterocycles. The van der Waals surface area contributed by atoms with Crippen LogP contribution in [-0.2, 0) is 6.54 Å². The van der Waals surface area contributed by atoms with E-state index in [2.05, 4.69) is 37.2 Å². The number of hydrogen-bond donors (Lipinski definition) is 1. The van der Waals surface area contributed by atoms with Crippen LogP contribution in [0.5, 0.6) is 5.75 Å². The molecule has 0 bridgehead atoms. The van der Waals surface area contributed by atoms with E-state index in [-0.39, 0.29) is 5.82 Å². The number of methoxy groups -OCH3 is 1. The van der Waals surface area contributed by atoms with Gasteiger partial charge in [0.25, 0.3) is 0 Å². The predicted octanol–water partition coefficient (Wildman–Crippen LogP) is 5.28. The fourth-order valence-electron chi connectivity index (χ4n) is 1.93. The maximum atomic E-state index is 13.0. The lowest BCUT2D eigenvalue weighted by Crippen LogP contribution is -2.02. The third-order valence-corrected chi connectivity index (χ3v) is 4.11. The minimum Gasteiger partial charge on any atom is -0.494 e. The van der Waals surface area contributed by atoms with Gasteiger partial charge in [0.2, 0.25) is 0 Å².